The lowest BCUT2D eigenvalue weighted by atomic mass is 9.92. The van der Waals surface area contributed by atoms with E-state index in [1.165, 1.54) is 5.56 Å². The van der Waals surface area contributed by atoms with Crippen molar-refractivity contribution in [1.29, 1.82) is 0 Å². The Kier molecular flexibility index (Phi) is 5.07. The smallest absolute Gasteiger partial charge is 0.410 e. The largest absolute Gasteiger partial charge is 0.496 e. The maximum Gasteiger partial charge on any atom is 0.410 e. The van der Waals surface area contributed by atoms with Crippen LogP contribution in [0.15, 0.2) is 12.1 Å². The zero-order valence-electron chi connectivity index (χ0n) is 13.2. The fourth-order valence-electron chi connectivity index (χ4n) is 2.79. The standard InChI is InChI=1S/C16H24N2O3/c1-5-21-16(19)18-10-14-8-15(20-4)13(9-17-3)7-12(14)6-11(18)2/h7-8,11,17H,5-6,9-10H2,1-4H3. The summed E-state index contributed by atoms with van der Waals surface area (Å²) < 4.78 is 10.6. The van der Waals surface area contributed by atoms with Crippen LogP contribution in [0.5, 0.6) is 5.75 Å². The number of rotatable bonds is 4. The first-order valence-corrected chi connectivity index (χ1v) is 7.37. The molecular formula is C16H24N2O3. The van der Waals surface area contributed by atoms with Crippen LogP contribution >= 0.6 is 0 Å². The molecule has 2 rings (SSSR count). The van der Waals surface area contributed by atoms with Crippen molar-refractivity contribution in [3.63, 3.8) is 0 Å². The van der Waals surface area contributed by atoms with Gasteiger partial charge in [0.15, 0.2) is 0 Å². The predicted octanol–water partition coefficient (Wildman–Crippen LogP) is 2.32. The van der Waals surface area contributed by atoms with Gasteiger partial charge in [0.1, 0.15) is 5.75 Å². The number of carbonyl (C=O) groups excluding carboxylic acids is 1. The molecule has 1 atom stereocenters. The number of hydrogen-bond acceptors (Lipinski definition) is 4. The molecule has 0 aliphatic carbocycles. The first kappa shape index (κ1) is 15.6. The highest BCUT2D eigenvalue weighted by molar-refractivity contribution is 5.68. The Balaban J connectivity index is 2.29. The van der Waals surface area contributed by atoms with Crippen LogP contribution in [0.2, 0.25) is 0 Å². The average molecular weight is 292 g/mol. The van der Waals surface area contributed by atoms with E-state index in [2.05, 4.69) is 18.3 Å². The zero-order chi connectivity index (χ0) is 15.4. The Morgan fingerprint density at radius 2 is 2.19 bits per heavy atom. The van der Waals surface area contributed by atoms with Gasteiger partial charge in [0.05, 0.1) is 13.7 Å². The van der Waals surface area contributed by atoms with Crippen LogP contribution in [0.3, 0.4) is 0 Å². The van der Waals surface area contributed by atoms with Crippen molar-refractivity contribution in [1.82, 2.24) is 10.2 Å². The maximum atomic E-state index is 12.0. The van der Waals surface area contributed by atoms with E-state index < -0.39 is 0 Å². The highest BCUT2D eigenvalue weighted by atomic mass is 16.6. The fraction of sp³-hybridized carbons (Fsp3) is 0.562. The van der Waals surface area contributed by atoms with E-state index in [4.69, 9.17) is 9.47 Å². The quantitative estimate of drug-likeness (QED) is 0.925. The van der Waals surface area contributed by atoms with Crippen molar-refractivity contribution >= 4 is 6.09 Å². The SMILES string of the molecule is CCOC(=O)N1Cc2cc(OC)c(CNC)cc2CC1C. The summed E-state index contributed by atoms with van der Waals surface area (Å²) in [5, 5.41) is 3.16. The van der Waals surface area contributed by atoms with Crippen LogP contribution < -0.4 is 10.1 Å². The molecular weight excluding hydrogens is 268 g/mol. The minimum Gasteiger partial charge on any atom is -0.496 e. The van der Waals surface area contributed by atoms with Gasteiger partial charge in [-0.15, -0.1) is 0 Å². The highest BCUT2D eigenvalue weighted by Crippen LogP contribution is 2.30. The van der Waals surface area contributed by atoms with Crippen LogP contribution in [-0.2, 0) is 24.2 Å². The summed E-state index contributed by atoms with van der Waals surface area (Å²) in [5.41, 5.74) is 3.57. The predicted molar refractivity (Wildman–Crippen MR) is 81.5 cm³/mol. The average Bonchev–Trinajstić information content (AvgIpc) is 2.46. The number of benzene rings is 1. The van der Waals surface area contributed by atoms with E-state index in [0.717, 1.165) is 29.8 Å². The minimum absolute atomic E-state index is 0.146. The molecule has 1 heterocycles. The minimum atomic E-state index is -0.242. The van der Waals surface area contributed by atoms with Gasteiger partial charge in [-0.1, -0.05) is 6.07 Å². The third kappa shape index (κ3) is 3.29. The van der Waals surface area contributed by atoms with Crippen molar-refractivity contribution in [2.24, 2.45) is 0 Å². The lowest BCUT2D eigenvalue weighted by molar-refractivity contribution is 0.0861. The molecule has 5 heteroatoms. The summed E-state index contributed by atoms with van der Waals surface area (Å²) in [6.45, 7) is 5.63. The molecule has 0 radical (unpaired) electrons. The van der Waals surface area contributed by atoms with Crippen LogP contribution in [-0.4, -0.2) is 37.8 Å². The maximum absolute atomic E-state index is 12.0. The summed E-state index contributed by atoms with van der Waals surface area (Å²) in [5.74, 6) is 0.862. The van der Waals surface area contributed by atoms with Crippen molar-refractivity contribution in [3.8, 4) is 5.75 Å². The molecule has 1 aromatic carbocycles. The molecule has 0 bridgehead atoms. The van der Waals surface area contributed by atoms with E-state index in [-0.39, 0.29) is 12.1 Å². The van der Waals surface area contributed by atoms with Crippen molar-refractivity contribution in [2.45, 2.75) is 39.4 Å². The first-order chi connectivity index (χ1) is 10.1. The lowest BCUT2D eigenvalue weighted by Gasteiger charge is -2.34. The monoisotopic (exact) mass is 292 g/mol. The summed E-state index contributed by atoms with van der Waals surface area (Å²) in [4.78, 5) is 13.8. The van der Waals surface area contributed by atoms with Crippen LogP contribution in [0.25, 0.3) is 0 Å². The Morgan fingerprint density at radius 1 is 1.43 bits per heavy atom. The van der Waals surface area contributed by atoms with Crippen LogP contribution in [0, 0.1) is 0 Å². The van der Waals surface area contributed by atoms with E-state index in [0.29, 0.717) is 13.2 Å². The van der Waals surface area contributed by atoms with Crippen LogP contribution in [0.1, 0.15) is 30.5 Å². The first-order valence-electron chi connectivity index (χ1n) is 7.37. The third-order valence-electron chi connectivity index (χ3n) is 3.86. The molecule has 1 aliphatic rings. The topological polar surface area (TPSA) is 50.8 Å². The van der Waals surface area contributed by atoms with E-state index >= 15 is 0 Å². The van der Waals surface area contributed by atoms with Gasteiger partial charge in [0, 0.05) is 24.7 Å². The second kappa shape index (κ2) is 6.80. The molecule has 5 nitrogen and oxygen atoms in total. The van der Waals surface area contributed by atoms with E-state index in [1.807, 2.05) is 20.0 Å². The second-order valence-electron chi connectivity index (χ2n) is 5.34. The van der Waals surface area contributed by atoms with Gasteiger partial charge in [0.25, 0.3) is 0 Å². The molecule has 0 spiro atoms. The van der Waals surface area contributed by atoms with Gasteiger partial charge in [-0.25, -0.2) is 4.79 Å². The lowest BCUT2D eigenvalue weighted by Crippen LogP contribution is -2.43. The molecule has 1 N–H and O–H groups in total. The number of carbonyl (C=O) groups is 1. The third-order valence-corrected chi connectivity index (χ3v) is 3.86. The Hall–Kier alpha value is -1.75. The Morgan fingerprint density at radius 3 is 2.81 bits per heavy atom. The molecule has 0 fully saturated rings. The number of nitrogens with one attached hydrogen (secondary N) is 1. The Bertz CT molecular complexity index is 516. The zero-order valence-corrected chi connectivity index (χ0v) is 13.2. The molecule has 1 aliphatic heterocycles. The fourth-order valence-corrected chi connectivity index (χ4v) is 2.79. The molecule has 1 amide bonds. The number of amides is 1. The molecule has 0 aromatic heterocycles. The van der Waals surface area contributed by atoms with Crippen molar-refractivity contribution < 1.29 is 14.3 Å². The number of hydrogen-bond donors (Lipinski definition) is 1. The summed E-state index contributed by atoms with van der Waals surface area (Å²) in [6, 6.07) is 4.37. The van der Waals surface area contributed by atoms with Gasteiger partial charge in [-0.2, -0.15) is 0 Å². The van der Waals surface area contributed by atoms with Crippen molar-refractivity contribution in [3.05, 3.63) is 28.8 Å². The summed E-state index contributed by atoms with van der Waals surface area (Å²) >= 11 is 0. The summed E-state index contributed by atoms with van der Waals surface area (Å²) in [7, 11) is 3.60. The molecule has 1 aromatic rings. The van der Waals surface area contributed by atoms with Gasteiger partial charge in [-0.05, 0) is 44.5 Å². The van der Waals surface area contributed by atoms with E-state index in [9.17, 15) is 4.79 Å². The number of ether oxygens (including phenoxy) is 2. The highest BCUT2D eigenvalue weighted by Gasteiger charge is 2.28. The Labute approximate surface area is 126 Å². The van der Waals surface area contributed by atoms with Crippen molar-refractivity contribution in [2.75, 3.05) is 20.8 Å². The van der Waals surface area contributed by atoms with Gasteiger partial charge in [0.2, 0.25) is 0 Å². The van der Waals surface area contributed by atoms with Gasteiger partial charge in [-0.3, -0.25) is 0 Å². The van der Waals surface area contributed by atoms with E-state index in [1.54, 1.807) is 12.0 Å². The van der Waals surface area contributed by atoms with Gasteiger partial charge < -0.3 is 19.7 Å². The number of nitrogens with zero attached hydrogens (tertiary/aromatic N) is 1. The van der Waals surface area contributed by atoms with Gasteiger partial charge >= 0.3 is 6.09 Å². The second-order valence-corrected chi connectivity index (χ2v) is 5.34. The normalized spacial score (nSPS) is 17.3. The number of methoxy groups -OCH3 is 1. The molecule has 116 valence electrons. The molecule has 0 saturated carbocycles. The molecule has 1 unspecified atom stereocenters. The summed E-state index contributed by atoms with van der Waals surface area (Å²) in [6.07, 6.45) is 0.600. The molecule has 21 heavy (non-hydrogen) atoms. The molecule has 0 saturated heterocycles. The number of fused-ring (bicyclic) bond motifs is 1. The van der Waals surface area contributed by atoms with Crippen LogP contribution in [0.4, 0.5) is 4.79 Å².